The van der Waals surface area contributed by atoms with Crippen molar-refractivity contribution in [2.45, 2.75) is 67.9 Å². The minimum atomic E-state index is -4.12. The molecule has 5 atom stereocenters. The van der Waals surface area contributed by atoms with Crippen LogP contribution in [0, 0.1) is 18.8 Å². The molecule has 0 spiro atoms. The molecule has 5 unspecified atom stereocenters. The quantitative estimate of drug-likeness (QED) is 0.149. The van der Waals surface area contributed by atoms with E-state index in [9.17, 15) is 26.7 Å². The summed E-state index contributed by atoms with van der Waals surface area (Å²) in [5, 5.41) is 14.5. The predicted molar refractivity (Wildman–Crippen MR) is 193 cm³/mol. The van der Waals surface area contributed by atoms with E-state index in [1.54, 1.807) is 36.4 Å². The van der Waals surface area contributed by atoms with Gasteiger partial charge >= 0.3 is 6.09 Å². The van der Waals surface area contributed by atoms with Gasteiger partial charge < -0.3 is 38.8 Å². The van der Waals surface area contributed by atoms with Crippen molar-refractivity contribution < 1.29 is 59.3 Å². The van der Waals surface area contributed by atoms with Crippen LogP contribution >= 0.6 is 0 Å². The van der Waals surface area contributed by atoms with Crippen LogP contribution in [0.2, 0.25) is 0 Å². The van der Waals surface area contributed by atoms with Gasteiger partial charge in [0.1, 0.15) is 25.1 Å². The molecule has 3 aromatic rings. The molecule has 3 aliphatic rings. The molecule has 2 fully saturated rings. The summed E-state index contributed by atoms with van der Waals surface area (Å²) in [6, 6.07) is 16.5. The number of fused-ring (bicyclic) bond motifs is 2. The Labute approximate surface area is 315 Å². The lowest BCUT2D eigenvalue weighted by molar-refractivity contribution is -0.0907. The van der Waals surface area contributed by atoms with Crippen molar-refractivity contribution in [1.29, 1.82) is 0 Å². The molecule has 0 bridgehead atoms. The molecule has 3 heterocycles. The van der Waals surface area contributed by atoms with E-state index in [2.05, 4.69) is 5.32 Å². The maximum Gasteiger partial charge on any atom is 0.407 e. The van der Waals surface area contributed by atoms with E-state index in [-0.39, 0.29) is 67.8 Å². The molecule has 0 aromatic heterocycles. The van der Waals surface area contributed by atoms with E-state index in [4.69, 9.17) is 32.6 Å². The second-order valence-corrected chi connectivity index (χ2v) is 17.4. The van der Waals surface area contributed by atoms with Gasteiger partial charge in [-0.1, -0.05) is 43.7 Å². The zero-order valence-corrected chi connectivity index (χ0v) is 31.9. The van der Waals surface area contributed by atoms with Crippen LogP contribution in [-0.4, -0.2) is 103 Å². The predicted octanol–water partition coefficient (Wildman–Crippen LogP) is 3.61. The van der Waals surface area contributed by atoms with Crippen molar-refractivity contribution in [2.24, 2.45) is 11.8 Å². The Bertz CT molecular complexity index is 1960. The van der Waals surface area contributed by atoms with Gasteiger partial charge in [0, 0.05) is 19.2 Å². The topological polar surface area (TPSA) is 185 Å². The number of alkyl carbamates (subject to hydrolysis) is 1. The molecular weight excluding hydrogens is 745 g/mol. The zero-order valence-electron chi connectivity index (χ0n) is 30.3. The average Bonchev–Trinajstić information content (AvgIpc) is 3.89. The van der Waals surface area contributed by atoms with Crippen LogP contribution in [0.4, 0.5) is 4.79 Å². The Balaban J connectivity index is 1.13. The van der Waals surface area contributed by atoms with E-state index < -0.39 is 50.8 Å². The van der Waals surface area contributed by atoms with Crippen molar-refractivity contribution in [2.75, 3.05) is 46.3 Å². The van der Waals surface area contributed by atoms with Crippen LogP contribution in [0.15, 0.2) is 76.5 Å². The Hall–Kier alpha value is -3.97. The summed E-state index contributed by atoms with van der Waals surface area (Å²) in [6.07, 6.45) is -2.34. The third-order valence-corrected chi connectivity index (χ3v) is 12.4. The number of rotatable bonds is 17. The summed E-state index contributed by atoms with van der Waals surface area (Å²) in [5.74, 6) is 0.981. The van der Waals surface area contributed by atoms with E-state index >= 15 is 0 Å². The Kier molecular flexibility index (Phi) is 12.7. The standard InChI is InChI=1S/C37H46N2O13S2/c1-24(2)20-39(53(42,43)29-12-13-33-34(19-29)50-23-49-33)21-32(40)31(38-37(41)52-35-22-48-36-30(35)14-15-47-36)18-26-6-8-27(9-7-26)46-16-17-51-54(44,45)28-10-4-25(3)5-11-28/h4-13,19,24,30-32,35-36,40H,14-18,20-23H2,1-3H3,(H,38,41). The van der Waals surface area contributed by atoms with Gasteiger partial charge in [-0.05, 0) is 67.6 Å². The Morgan fingerprint density at radius 2 is 1.65 bits per heavy atom. The summed E-state index contributed by atoms with van der Waals surface area (Å²) in [4.78, 5) is 13.3. The third kappa shape index (κ3) is 9.82. The highest BCUT2D eigenvalue weighted by Gasteiger charge is 2.44. The first-order valence-corrected chi connectivity index (χ1v) is 20.6. The number of carbonyl (C=O) groups excluding carboxylic acids is 1. The maximum absolute atomic E-state index is 14.0. The van der Waals surface area contributed by atoms with Gasteiger partial charge in [0.25, 0.3) is 10.1 Å². The van der Waals surface area contributed by atoms with Crippen LogP contribution in [0.25, 0.3) is 0 Å². The number of nitrogens with zero attached hydrogens (tertiary/aromatic N) is 1. The number of hydrogen-bond acceptors (Lipinski definition) is 13. The number of carbonyl (C=O) groups is 1. The van der Waals surface area contributed by atoms with E-state index in [0.717, 1.165) is 5.56 Å². The van der Waals surface area contributed by atoms with Gasteiger partial charge in [-0.25, -0.2) is 13.2 Å². The van der Waals surface area contributed by atoms with E-state index in [1.807, 2.05) is 20.8 Å². The highest BCUT2D eigenvalue weighted by molar-refractivity contribution is 7.89. The monoisotopic (exact) mass is 790 g/mol. The number of aryl methyl sites for hydroxylation is 1. The van der Waals surface area contributed by atoms with Crippen molar-refractivity contribution in [3.63, 3.8) is 0 Å². The summed E-state index contributed by atoms with van der Waals surface area (Å²) < 4.78 is 92.5. The normalized spacial score (nSPS) is 20.5. The Morgan fingerprint density at radius 1 is 0.926 bits per heavy atom. The van der Waals surface area contributed by atoms with Crippen LogP contribution < -0.4 is 19.5 Å². The van der Waals surface area contributed by atoms with Crippen LogP contribution in [0.5, 0.6) is 17.2 Å². The molecule has 17 heteroatoms. The number of amides is 1. The fraction of sp³-hybridized carbons (Fsp3) is 0.486. The highest BCUT2D eigenvalue weighted by Crippen LogP contribution is 2.35. The Morgan fingerprint density at radius 3 is 2.39 bits per heavy atom. The van der Waals surface area contributed by atoms with Gasteiger partial charge in [-0.15, -0.1) is 0 Å². The lowest BCUT2D eigenvalue weighted by Crippen LogP contribution is -2.51. The molecule has 0 aliphatic carbocycles. The van der Waals surface area contributed by atoms with Crippen molar-refractivity contribution >= 4 is 26.2 Å². The van der Waals surface area contributed by atoms with Crippen LogP contribution in [0.1, 0.15) is 31.4 Å². The number of benzene rings is 3. The van der Waals surface area contributed by atoms with Crippen molar-refractivity contribution in [3.05, 3.63) is 77.9 Å². The summed E-state index contributed by atoms with van der Waals surface area (Å²) in [7, 11) is -8.06. The van der Waals surface area contributed by atoms with Crippen LogP contribution in [0.3, 0.4) is 0 Å². The number of sulfonamides is 1. The lowest BCUT2D eigenvalue weighted by Gasteiger charge is -2.31. The molecule has 1 amide bonds. The maximum atomic E-state index is 14.0. The van der Waals surface area contributed by atoms with Crippen molar-refractivity contribution in [1.82, 2.24) is 9.62 Å². The number of ether oxygens (including phenoxy) is 6. The zero-order chi connectivity index (χ0) is 38.5. The first kappa shape index (κ1) is 39.7. The first-order valence-electron chi connectivity index (χ1n) is 17.7. The fourth-order valence-electron chi connectivity index (χ4n) is 6.41. The fourth-order valence-corrected chi connectivity index (χ4v) is 8.94. The smallest absolute Gasteiger partial charge is 0.407 e. The van der Waals surface area contributed by atoms with Crippen LogP contribution in [-0.2, 0) is 45.0 Å². The second kappa shape index (κ2) is 17.2. The molecule has 2 saturated heterocycles. The largest absolute Gasteiger partial charge is 0.491 e. The number of aliphatic hydroxyl groups excluding tert-OH is 1. The van der Waals surface area contributed by atoms with Crippen molar-refractivity contribution in [3.8, 4) is 17.2 Å². The van der Waals surface area contributed by atoms with Gasteiger partial charge in [-0.2, -0.15) is 12.7 Å². The first-order chi connectivity index (χ1) is 25.8. The number of aliphatic hydroxyl groups is 1. The molecule has 54 heavy (non-hydrogen) atoms. The molecule has 3 aromatic carbocycles. The number of nitrogens with one attached hydrogen (secondary N) is 1. The molecule has 3 aliphatic heterocycles. The molecular formula is C37H46N2O13S2. The molecule has 2 N–H and O–H groups in total. The van der Waals surface area contributed by atoms with Gasteiger partial charge in [0.15, 0.2) is 17.8 Å². The molecule has 0 saturated carbocycles. The molecule has 0 radical (unpaired) electrons. The van der Waals surface area contributed by atoms with Gasteiger partial charge in [-0.3, -0.25) is 4.18 Å². The summed E-state index contributed by atoms with van der Waals surface area (Å²) in [6.45, 7) is 5.76. The van der Waals surface area contributed by atoms with Gasteiger partial charge in [0.2, 0.25) is 16.8 Å². The highest BCUT2D eigenvalue weighted by atomic mass is 32.2. The minimum Gasteiger partial charge on any atom is -0.491 e. The van der Waals surface area contributed by atoms with E-state index in [0.29, 0.717) is 35.8 Å². The summed E-state index contributed by atoms with van der Waals surface area (Å²) >= 11 is 0. The molecule has 15 nitrogen and oxygen atoms in total. The number of hydrogen-bond donors (Lipinski definition) is 2. The molecule has 294 valence electrons. The second-order valence-electron chi connectivity index (χ2n) is 13.8. The summed E-state index contributed by atoms with van der Waals surface area (Å²) in [5.41, 5.74) is 1.61. The minimum absolute atomic E-state index is 0.0154. The van der Waals surface area contributed by atoms with Gasteiger partial charge in [0.05, 0.1) is 41.1 Å². The van der Waals surface area contributed by atoms with E-state index in [1.165, 1.54) is 34.6 Å². The SMILES string of the molecule is Cc1ccc(S(=O)(=O)OCCOc2ccc(CC(NC(=O)OC3COC4OCCC34)C(O)CN(CC(C)C)S(=O)(=O)c3ccc4c(c3)OCO4)cc2)cc1. The molecule has 6 rings (SSSR count). The lowest BCUT2D eigenvalue weighted by atomic mass is 10.0. The third-order valence-electron chi connectivity index (χ3n) is 9.23. The average molecular weight is 791 g/mol.